The van der Waals surface area contributed by atoms with Crippen molar-refractivity contribution in [2.45, 2.75) is 45.6 Å². The van der Waals surface area contributed by atoms with Crippen LogP contribution in [0.5, 0.6) is 0 Å². The van der Waals surface area contributed by atoms with E-state index in [1.165, 1.54) is 12.0 Å². The summed E-state index contributed by atoms with van der Waals surface area (Å²) in [7, 11) is 0. The Labute approximate surface area is 137 Å². The number of rotatable bonds is 5. The van der Waals surface area contributed by atoms with Crippen molar-refractivity contribution in [2.24, 2.45) is 0 Å². The van der Waals surface area contributed by atoms with E-state index in [1.807, 2.05) is 18.2 Å². The SMILES string of the molecule is C/C=C(/C#N)NC(C)C(=O)Nc1cccnc1C1=CCCCC1. The van der Waals surface area contributed by atoms with Crippen molar-refractivity contribution in [2.75, 3.05) is 5.32 Å². The number of nitrogens with one attached hydrogen (secondary N) is 2. The molecule has 1 aliphatic rings. The summed E-state index contributed by atoms with van der Waals surface area (Å²) >= 11 is 0. The minimum Gasteiger partial charge on any atom is -0.366 e. The molecule has 0 radical (unpaired) electrons. The number of carbonyl (C=O) groups is 1. The minimum atomic E-state index is -0.505. The van der Waals surface area contributed by atoms with Gasteiger partial charge in [0.1, 0.15) is 17.8 Å². The molecule has 1 unspecified atom stereocenters. The molecular weight excluding hydrogens is 288 g/mol. The van der Waals surface area contributed by atoms with Gasteiger partial charge < -0.3 is 10.6 Å². The molecule has 0 aliphatic heterocycles. The van der Waals surface area contributed by atoms with Crippen LogP contribution in [0.25, 0.3) is 5.57 Å². The summed E-state index contributed by atoms with van der Waals surface area (Å²) in [6.07, 6.45) is 10.0. The maximum Gasteiger partial charge on any atom is 0.246 e. The maximum absolute atomic E-state index is 12.4. The molecule has 1 aromatic rings. The number of aromatic nitrogens is 1. The molecule has 2 N–H and O–H groups in total. The average Bonchev–Trinajstić information content (AvgIpc) is 2.60. The largest absolute Gasteiger partial charge is 0.366 e. The summed E-state index contributed by atoms with van der Waals surface area (Å²) in [6.45, 7) is 3.48. The number of hydrogen-bond acceptors (Lipinski definition) is 4. The number of pyridine rings is 1. The lowest BCUT2D eigenvalue weighted by Crippen LogP contribution is -2.37. The Morgan fingerprint density at radius 1 is 1.48 bits per heavy atom. The molecule has 5 nitrogen and oxygen atoms in total. The van der Waals surface area contributed by atoms with Gasteiger partial charge in [-0.25, -0.2) is 0 Å². The zero-order chi connectivity index (χ0) is 16.7. The van der Waals surface area contributed by atoms with Crippen molar-refractivity contribution in [3.8, 4) is 6.07 Å². The number of allylic oxidation sites excluding steroid dienone is 4. The van der Waals surface area contributed by atoms with Gasteiger partial charge in [-0.05, 0) is 57.2 Å². The number of amides is 1. The molecule has 0 bridgehead atoms. The molecule has 1 atom stereocenters. The Kier molecular flexibility index (Phi) is 5.93. The summed E-state index contributed by atoms with van der Waals surface area (Å²) in [5.41, 5.74) is 3.14. The third-order valence-electron chi connectivity index (χ3n) is 3.84. The summed E-state index contributed by atoms with van der Waals surface area (Å²) in [5, 5.41) is 14.7. The van der Waals surface area contributed by atoms with Crippen LogP contribution in [-0.2, 0) is 4.79 Å². The van der Waals surface area contributed by atoms with Gasteiger partial charge in [0, 0.05) is 6.20 Å². The molecule has 23 heavy (non-hydrogen) atoms. The number of carbonyl (C=O) groups excluding carboxylic acids is 1. The minimum absolute atomic E-state index is 0.190. The van der Waals surface area contributed by atoms with E-state index < -0.39 is 6.04 Å². The molecule has 0 spiro atoms. The molecule has 2 rings (SSSR count). The maximum atomic E-state index is 12.4. The van der Waals surface area contributed by atoms with Crippen LogP contribution in [0.4, 0.5) is 5.69 Å². The Morgan fingerprint density at radius 2 is 2.30 bits per heavy atom. The first-order valence-corrected chi connectivity index (χ1v) is 7.94. The molecule has 1 amide bonds. The molecule has 5 heteroatoms. The van der Waals surface area contributed by atoms with Crippen LogP contribution in [-0.4, -0.2) is 16.9 Å². The fourth-order valence-electron chi connectivity index (χ4n) is 2.54. The lowest BCUT2D eigenvalue weighted by Gasteiger charge is -2.18. The smallest absolute Gasteiger partial charge is 0.246 e. The highest BCUT2D eigenvalue weighted by Gasteiger charge is 2.17. The van der Waals surface area contributed by atoms with E-state index in [0.29, 0.717) is 5.70 Å². The third-order valence-corrected chi connectivity index (χ3v) is 3.84. The molecule has 1 heterocycles. The van der Waals surface area contributed by atoms with Crippen LogP contribution < -0.4 is 10.6 Å². The van der Waals surface area contributed by atoms with Gasteiger partial charge in [-0.2, -0.15) is 5.26 Å². The molecule has 0 saturated heterocycles. The van der Waals surface area contributed by atoms with Crippen LogP contribution >= 0.6 is 0 Å². The topological polar surface area (TPSA) is 77.8 Å². The summed E-state index contributed by atoms with van der Waals surface area (Å²) in [6, 6.07) is 5.18. The second kappa shape index (κ2) is 8.14. The van der Waals surface area contributed by atoms with Crippen molar-refractivity contribution >= 4 is 17.2 Å². The molecule has 1 aliphatic carbocycles. The van der Waals surface area contributed by atoms with Gasteiger partial charge in [-0.15, -0.1) is 0 Å². The van der Waals surface area contributed by atoms with Crippen molar-refractivity contribution in [3.63, 3.8) is 0 Å². The second-order valence-corrected chi connectivity index (χ2v) is 5.54. The van der Waals surface area contributed by atoms with E-state index in [2.05, 4.69) is 21.7 Å². The van der Waals surface area contributed by atoms with E-state index >= 15 is 0 Å². The normalized spacial score (nSPS) is 16.0. The Balaban J connectivity index is 2.12. The first-order chi connectivity index (χ1) is 11.2. The van der Waals surface area contributed by atoms with Gasteiger partial charge in [0.05, 0.1) is 11.4 Å². The molecule has 0 fully saturated rings. The zero-order valence-corrected chi connectivity index (χ0v) is 13.6. The molecule has 0 aromatic carbocycles. The van der Waals surface area contributed by atoms with Crippen LogP contribution in [0.2, 0.25) is 0 Å². The molecule has 1 aromatic heterocycles. The lowest BCUT2D eigenvalue weighted by atomic mass is 9.96. The van der Waals surface area contributed by atoms with Crippen molar-refractivity contribution in [1.29, 1.82) is 5.26 Å². The zero-order valence-electron chi connectivity index (χ0n) is 13.6. The van der Waals surface area contributed by atoms with Gasteiger partial charge in [0.25, 0.3) is 0 Å². The Bertz CT molecular complexity index is 670. The predicted octanol–water partition coefficient (Wildman–Crippen LogP) is 3.38. The molecule has 0 saturated carbocycles. The summed E-state index contributed by atoms with van der Waals surface area (Å²) < 4.78 is 0. The number of anilines is 1. The second-order valence-electron chi connectivity index (χ2n) is 5.54. The van der Waals surface area contributed by atoms with E-state index in [1.54, 1.807) is 26.1 Å². The van der Waals surface area contributed by atoms with Crippen LogP contribution in [0, 0.1) is 11.3 Å². The van der Waals surface area contributed by atoms with Gasteiger partial charge >= 0.3 is 0 Å². The molecular formula is C18H22N4O. The van der Waals surface area contributed by atoms with E-state index in [9.17, 15) is 4.79 Å². The standard InChI is InChI=1S/C18H22N4O/c1-3-15(12-19)21-13(2)18(23)22-16-10-7-11-20-17(16)14-8-5-4-6-9-14/h3,7-8,10-11,13,21H,4-6,9H2,1-2H3,(H,22,23)/b15-3-. The highest BCUT2D eigenvalue weighted by molar-refractivity contribution is 5.96. The Hall–Kier alpha value is -2.61. The van der Waals surface area contributed by atoms with Crippen molar-refractivity contribution < 1.29 is 4.79 Å². The highest BCUT2D eigenvalue weighted by Crippen LogP contribution is 2.29. The average molecular weight is 310 g/mol. The number of nitriles is 1. The van der Waals surface area contributed by atoms with Gasteiger partial charge in [-0.1, -0.05) is 12.2 Å². The van der Waals surface area contributed by atoms with Crippen LogP contribution in [0.15, 0.2) is 36.2 Å². The van der Waals surface area contributed by atoms with Crippen LogP contribution in [0.3, 0.4) is 0 Å². The van der Waals surface area contributed by atoms with Crippen molar-refractivity contribution in [3.05, 3.63) is 41.9 Å². The highest BCUT2D eigenvalue weighted by atomic mass is 16.2. The first-order valence-electron chi connectivity index (χ1n) is 7.94. The van der Waals surface area contributed by atoms with Crippen molar-refractivity contribution in [1.82, 2.24) is 10.3 Å². The fourth-order valence-corrected chi connectivity index (χ4v) is 2.54. The predicted molar refractivity (Wildman–Crippen MR) is 91.3 cm³/mol. The Morgan fingerprint density at radius 3 is 2.96 bits per heavy atom. The molecule has 120 valence electrons. The van der Waals surface area contributed by atoms with E-state index in [0.717, 1.165) is 30.6 Å². The fraction of sp³-hybridized carbons (Fsp3) is 0.389. The number of hydrogen-bond donors (Lipinski definition) is 2. The van der Waals surface area contributed by atoms with Gasteiger partial charge in [0.2, 0.25) is 5.91 Å². The number of nitrogens with zero attached hydrogens (tertiary/aromatic N) is 2. The van der Waals surface area contributed by atoms with Gasteiger partial charge in [-0.3, -0.25) is 9.78 Å². The summed E-state index contributed by atoms with van der Waals surface area (Å²) in [4.78, 5) is 16.8. The first kappa shape index (κ1) is 16.8. The van der Waals surface area contributed by atoms with Gasteiger partial charge in [0.15, 0.2) is 0 Å². The van der Waals surface area contributed by atoms with E-state index in [4.69, 9.17) is 5.26 Å². The quantitative estimate of drug-likeness (QED) is 0.817. The van der Waals surface area contributed by atoms with Crippen LogP contribution in [0.1, 0.15) is 45.2 Å². The third kappa shape index (κ3) is 4.43. The lowest BCUT2D eigenvalue weighted by molar-refractivity contribution is -0.117. The monoisotopic (exact) mass is 310 g/mol. The summed E-state index contributed by atoms with van der Waals surface area (Å²) in [5.74, 6) is -0.190. The van der Waals surface area contributed by atoms with E-state index in [-0.39, 0.29) is 5.91 Å².